The standard InChI is InChI=1S/C17H19F2NO4/c18-17(19)7-5-11(6-8-17)15(21)20-9-10-24-13-4-2-1-3-12(13)14(20)16(22)23/h1-4,11,14H,5-10H2,(H,22,23). The summed E-state index contributed by atoms with van der Waals surface area (Å²) in [5.74, 6) is -4.37. The van der Waals surface area contributed by atoms with Crippen LogP contribution in [-0.2, 0) is 9.59 Å². The molecule has 1 aliphatic carbocycles. The van der Waals surface area contributed by atoms with Gasteiger partial charge in [0, 0.05) is 24.3 Å². The fourth-order valence-electron chi connectivity index (χ4n) is 3.41. The van der Waals surface area contributed by atoms with Gasteiger partial charge in [0.2, 0.25) is 11.8 Å². The predicted octanol–water partition coefficient (Wildman–Crippen LogP) is 2.86. The van der Waals surface area contributed by atoms with Crippen molar-refractivity contribution in [3.63, 3.8) is 0 Å². The van der Waals surface area contributed by atoms with Crippen LogP contribution in [0.2, 0.25) is 0 Å². The number of aliphatic carboxylic acids is 1. The quantitative estimate of drug-likeness (QED) is 0.900. The summed E-state index contributed by atoms with van der Waals surface area (Å²) in [6, 6.07) is 5.56. The molecule has 1 fully saturated rings. The van der Waals surface area contributed by atoms with Crippen LogP contribution in [0.25, 0.3) is 0 Å². The molecule has 1 saturated carbocycles. The summed E-state index contributed by atoms with van der Waals surface area (Å²) < 4.78 is 32.2. The number of ether oxygens (including phenoxy) is 1. The van der Waals surface area contributed by atoms with Gasteiger partial charge in [-0.25, -0.2) is 13.6 Å². The molecule has 2 aliphatic rings. The van der Waals surface area contributed by atoms with Gasteiger partial charge in [0.1, 0.15) is 12.4 Å². The topological polar surface area (TPSA) is 66.8 Å². The minimum atomic E-state index is -2.72. The fraction of sp³-hybridized carbons (Fsp3) is 0.529. The molecule has 1 aliphatic heterocycles. The van der Waals surface area contributed by atoms with Gasteiger partial charge in [0.15, 0.2) is 6.04 Å². The third-order valence-corrected chi connectivity index (χ3v) is 4.70. The van der Waals surface area contributed by atoms with Crippen LogP contribution >= 0.6 is 0 Å². The lowest BCUT2D eigenvalue weighted by molar-refractivity contribution is -0.154. The molecule has 1 aromatic rings. The molecule has 5 nitrogen and oxygen atoms in total. The number of para-hydroxylation sites is 1. The first-order chi connectivity index (χ1) is 11.4. The number of halogens is 2. The predicted molar refractivity (Wildman–Crippen MR) is 80.9 cm³/mol. The summed E-state index contributed by atoms with van der Waals surface area (Å²) in [4.78, 5) is 25.9. The normalized spacial score (nSPS) is 23.8. The molecule has 1 unspecified atom stereocenters. The average molecular weight is 339 g/mol. The number of carboxylic acid groups (broad SMARTS) is 1. The van der Waals surface area contributed by atoms with Crippen molar-refractivity contribution < 1.29 is 28.2 Å². The van der Waals surface area contributed by atoms with Gasteiger partial charge < -0.3 is 14.7 Å². The van der Waals surface area contributed by atoms with Crippen molar-refractivity contribution in [3.8, 4) is 5.75 Å². The number of fused-ring (bicyclic) bond motifs is 1. The number of carbonyl (C=O) groups excluding carboxylic acids is 1. The highest BCUT2D eigenvalue weighted by Gasteiger charge is 2.42. The van der Waals surface area contributed by atoms with Crippen LogP contribution in [-0.4, -0.2) is 41.0 Å². The summed E-state index contributed by atoms with van der Waals surface area (Å²) in [7, 11) is 0. The lowest BCUT2D eigenvalue weighted by atomic mass is 9.85. The van der Waals surface area contributed by atoms with Crippen molar-refractivity contribution in [1.29, 1.82) is 0 Å². The zero-order valence-corrected chi connectivity index (χ0v) is 13.1. The van der Waals surface area contributed by atoms with Gasteiger partial charge in [-0.2, -0.15) is 0 Å². The molecule has 0 aromatic heterocycles. The Labute approximate surface area is 138 Å². The van der Waals surface area contributed by atoms with Gasteiger partial charge in [-0.1, -0.05) is 18.2 Å². The van der Waals surface area contributed by atoms with Gasteiger partial charge in [-0.3, -0.25) is 4.79 Å². The van der Waals surface area contributed by atoms with E-state index in [9.17, 15) is 23.5 Å². The van der Waals surface area contributed by atoms with E-state index in [1.165, 1.54) is 4.90 Å². The molecule has 130 valence electrons. The molecule has 1 heterocycles. The zero-order chi connectivity index (χ0) is 17.3. The van der Waals surface area contributed by atoms with E-state index >= 15 is 0 Å². The van der Waals surface area contributed by atoms with Crippen LogP contribution in [0.1, 0.15) is 37.3 Å². The van der Waals surface area contributed by atoms with E-state index in [4.69, 9.17) is 4.74 Å². The van der Waals surface area contributed by atoms with E-state index in [0.29, 0.717) is 11.3 Å². The van der Waals surface area contributed by atoms with Crippen LogP contribution < -0.4 is 4.74 Å². The number of hydrogen-bond acceptors (Lipinski definition) is 3. The molecule has 0 saturated heterocycles. The molecule has 3 rings (SSSR count). The smallest absolute Gasteiger partial charge is 0.331 e. The Hall–Kier alpha value is -2.18. The monoisotopic (exact) mass is 339 g/mol. The summed E-state index contributed by atoms with van der Waals surface area (Å²) >= 11 is 0. The number of nitrogens with zero attached hydrogens (tertiary/aromatic N) is 1. The zero-order valence-electron chi connectivity index (χ0n) is 13.1. The number of hydrogen-bond donors (Lipinski definition) is 1. The molecule has 1 amide bonds. The fourth-order valence-corrected chi connectivity index (χ4v) is 3.41. The first-order valence-electron chi connectivity index (χ1n) is 8.02. The van der Waals surface area contributed by atoms with Crippen LogP contribution in [0, 0.1) is 5.92 Å². The van der Waals surface area contributed by atoms with Crippen molar-refractivity contribution >= 4 is 11.9 Å². The Balaban J connectivity index is 1.86. The maximum atomic E-state index is 13.3. The number of carbonyl (C=O) groups is 2. The largest absolute Gasteiger partial charge is 0.491 e. The van der Waals surface area contributed by atoms with Crippen molar-refractivity contribution in [2.24, 2.45) is 5.92 Å². The summed E-state index contributed by atoms with van der Waals surface area (Å²) in [6.07, 6.45) is -0.501. The van der Waals surface area contributed by atoms with E-state index < -0.39 is 23.9 Å². The third kappa shape index (κ3) is 3.20. The Morgan fingerprint density at radius 2 is 1.88 bits per heavy atom. The number of amides is 1. The SMILES string of the molecule is O=C(O)C1c2ccccc2OCCN1C(=O)C1CCC(F)(F)CC1. The number of rotatable bonds is 2. The number of benzene rings is 1. The molecule has 1 aromatic carbocycles. The summed E-state index contributed by atoms with van der Waals surface area (Å²) in [6.45, 7) is 0.298. The Morgan fingerprint density at radius 3 is 2.54 bits per heavy atom. The van der Waals surface area contributed by atoms with Crippen LogP contribution in [0.5, 0.6) is 5.75 Å². The number of carboxylic acids is 1. The van der Waals surface area contributed by atoms with Gasteiger partial charge >= 0.3 is 5.97 Å². The Kier molecular flexibility index (Phi) is 4.43. The van der Waals surface area contributed by atoms with Crippen molar-refractivity contribution in [2.45, 2.75) is 37.6 Å². The maximum Gasteiger partial charge on any atom is 0.331 e. The highest BCUT2D eigenvalue weighted by molar-refractivity contribution is 5.86. The van der Waals surface area contributed by atoms with Crippen LogP contribution in [0.4, 0.5) is 8.78 Å². The summed E-state index contributed by atoms with van der Waals surface area (Å²) in [5, 5.41) is 9.64. The lowest BCUT2D eigenvalue weighted by Gasteiger charge is -2.33. The van der Waals surface area contributed by atoms with Crippen LogP contribution in [0.15, 0.2) is 24.3 Å². The minimum absolute atomic E-state index is 0.0805. The molecule has 0 bridgehead atoms. The second kappa shape index (κ2) is 6.37. The van der Waals surface area contributed by atoms with Crippen LogP contribution in [0.3, 0.4) is 0 Å². The van der Waals surface area contributed by atoms with E-state index in [2.05, 4.69) is 0 Å². The number of alkyl halides is 2. The maximum absolute atomic E-state index is 13.3. The molecule has 0 spiro atoms. The lowest BCUT2D eigenvalue weighted by Crippen LogP contribution is -2.44. The van der Waals surface area contributed by atoms with Gasteiger partial charge in [0.05, 0.1) is 6.54 Å². The first kappa shape index (κ1) is 16.7. The highest BCUT2D eigenvalue weighted by Crippen LogP contribution is 2.39. The van der Waals surface area contributed by atoms with E-state index in [-0.39, 0.29) is 44.7 Å². The van der Waals surface area contributed by atoms with Crippen molar-refractivity contribution in [1.82, 2.24) is 4.90 Å². The molecule has 1 atom stereocenters. The molecule has 7 heteroatoms. The molecule has 24 heavy (non-hydrogen) atoms. The average Bonchev–Trinajstić information content (AvgIpc) is 2.73. The van der Waals surface area contributed by atoms with Gasteiger partial charge in [0.25, 0.3) is 0 Å². The molecule has 0 radical (unpaired) electrons. The van der Waals surface area contributed by atoms with Gasteiger partial charge in [-0.05, 0) is 18.9 Å². The minimum Gasteiger partial charge on any atom is -0.491 e. The Morgan fingerprint density at radius 1 is 1.21 bits per heavy atom. The third-order valence-electron chi connectivity index (χ3n) is 4.70. The van der Waals surface area contributed by atoms with E-state index in [1.807, 2.05) is 0 Å². The first-order valence-corrected chi connectivity index (χ1v) is 8.02. The molecular weight excluding hydrogens is 320 g/mol. The second-order valence-corrected chi connectivity index (χ2v) is 6.29. The molecule has 1 N–H and O–H groups in total. The second-order valence-electron chi connectivity index (χ2n) is 6.29. The van der Waals surface area contributed by atoms with Crippen molar-refractivity contribution in [3.05, 3.63) is 29.8 Å². The highest BCUT2D eigenvalue weighted by atomic mass is 19.3. The summed E-state index contributed by atoms with van der Waals surface area (Å²) in [5.41, 5.74) is 0.414. The van der Waals surface area contributed by atoms with E-state index in [0.717, 1.165) is 0 Å². The van der Waals surface area contributed by atoms with Crippen molar-refractivity contribution in [2.75, 3.05) is 13.2 Å². The van der Waals surface area contributed by atoms with E-state index in [1.54, 1.807) is 24.3 Å². The van der Waals surface area contributed by atoms with Gasteiger partial charge in [-0.15, -0.1) is 0 Å². The molecular formula is C17H19F2NO4. The Bertz CT molecular complexity index is 639.